The lowest BCUT2D eigenvalue weighted by atomic mass is 9.83. The van der Waals surface area contributed by atoms with Gasteiger partial charge in [0, 0.05) is 25.4 Å². The molecule has 1 saturated carbocycles. The molecular formula is C14H19N3O2. The van der Waals surface area contributed by atoms with E-state index in [2.05, 4.69) is 21.2 Å². The van der Waals surface area contributed by atoms with Crippen LogP contribution in [0.5, 0.6) is 0 Å². The minimum absolute atomic E-state index is 0.241. The Hall–Kier alpha value is -1.65. The summed E-state index contributed by atoms with van der Waals surface area (Å²) in [5, 5.41) is 17.4. The van der Waals surface area contributed by atoms with Gasteiger partial charge in [-0.1, -0.05) is 6.42 Å². The highest BCUT2D eigenvalue weighted by atomic mass is 16.4. The Morgan fingerprint density at radius 1 is 1.32 bits per heavy atom. The quantitative estimate of drug-likeness (QED) is 0.898. The second-order valence-corrected chi connectivity index (χ2v) is 5.64. The predicted molar refractivity (Wildman–Crippen MR) is 71.2 cm³/mol. The molecule has 1 aromatic rings. The van der Waals surface area contributed by atoms with E-state index in [1.807, 2.05) is 6.07 Å². The first-order chi connectivity index (χ1) is 9.22. The van der Waals surface area contributed by atoms with Gasteiger partial charge in [-0.2, -0.15) is 5.10 Å². The molecule has 19 heavy (non-hydrogen) atoms. The van der Waals surface area contributed by atoms with Gasteiger partial charge in [0.15, 0.2) is 5.82 Å². The van der Waals surface area contributed by atoms with Gasteiger partial charge in [-0.25, -0.2) is 0 Å². The van der Waals surface area contributed by atoms with Crippen molar-refractivity contribution in [3.63, 3.8) is 0 Å². The zero-order valence-corrected chi connectivity index (χ0v) is 11.0. The van der Waals surface area contributed by atoms with Gasteiger partial charge in [0.25, 0.3) is 0 Å². The van der Waals surface area contributed by atoms with Crippen molar-refractivity contribution in [3.05, 3.63) is 17.8 Å². The number of nitrogens with zero attached hydrogens (tertiary/aromatic N) is 3. The lowest BCUT2D eigenvalue weighted by Crippen LogP contribution is -2.22. The van der Waals surface area contributed by atoms with Crippen LogP contribution in [0.15, 0.2) is 12.1 Å². The van der Waals surface area contributed by atoms with E-state index in [0.29, 0.717) is 5.92 Å². The molecule has 0 amide bonds. The topological polar surface area (TPSA) is 66.3 Å². The van der Waals surface area contributed by atoms with Crippen molar-refractivity contribution < 1.29 is 9.90 Å². The molecule has 3 rings (SSSR count). The lowest BCUT2D eigenvalue weighted by molar-refractivity contribution is -0.137. The van der Waals surface area contributed by atoms with Crippen LogP contribution < -0.4 is 4.90 Å². The van der Waals surface area contributed by atoms with Gasteiger partial charge < -0.3 is 10.0 Å². The third kappa shape index (κ3) is 2.69. The standard InChI is InChI=1S/C14H19N3O2/c18-14(19)8-10-6-7-17(9-10)13-5-4-12(15-16-13)11-2-1-3-11/h4-5,10-11H,1-3,6-9H2,(H,18,19). The zero-order chi connectivity index (χ0) is 13.2. The van der Waals surface area contributed by atoms with Crippen LogP contribution in [0.3, 0.4) is 0 Å². The summed E-state index contributed by atoms with van der Waals surface area (Å²) in [4.78, 5) is 12.9. The average molecular weight is 261 g/mol. The number of hydrogen-bond acceptors (Lipinski definition) is 4. The normalized spacial score (nSPS) is 23.4. The van der Waals surface area contributed by atoms with Gasteiger partial charge in [0.1, 0.15) is 0 Å². The van der Waals surface area contributed by atoms with Crippen LogP contribution in [-0.4, -0.2) is 34.4 Å². The third-order valence-electron chi connectivity index (χ3n) is 4.27. The predicted octanol–water partition coefficient (Wildman–Crippen LogP) is 2.05. The van der Waals surface area contributed by atoms with Crippen molar-refractivity contribution in [2.24, 2.45) is 5.92 Å². The molecule has 0 radical (unpaired) electrons. The van der Waals surface area contributed by atoms with E-state index in [9.17, 15) is 4.79 Å². The highest BCUT2D eigenvalue weighted by Gasteiger charge is 2.26. The molecule has 2 fully saturated rings. The summed E-state index contributed by atoms with van der Waals surface area (Å²) in [6.07, 6.45) is 4.95. The summed E-state index contributed by atoms with van der Waals surface area (Å²) in [5.74, 6) is 1.03. The Morgan fingerprint density at radius 3 is 2.74 bits per heavy atom. The van der Waals surface area contributed by atoms with E-state index in [1.165, 1.54) is 19.3 Å². The number of carbonyl (C=O) groups is 1. The van der Waals surface area contributed by atoms with Crippen LogP contribution in [0, 0.1) is 5.92 Å². The molecule has 1 unspecified atom stereocenters. The summed E-state index contributed by atoms with van der Waals surface area (Å²) in [6, 6.07) is 4.11. The van der Waals surface area contributed by atoms with Crippen LogP contribution in [-0.2, 0) is 4.79 Å². The highest BCUT2D eigenvalue weighted by molar-refractivity contribution is 5.67. The molecule has 1 aliphatic heterocycles. The Labute approximate surface area is 112 Å². The molecule has 1 N–H and O–H groups in total. The van der Waals surface area contributed by atoms with Crippen molar-refractivity contribution >= 4 is 11.8 Å². The fourth-order valence-corrected chi connectivity index (χ4v) is 2.88. The molecule has 0 spiro atoms. The number of aliphatic carboxylic acids is 1. The molecule has 2 aliphatic rings. The van der Waals surface area contributed by atoms with Gasteiger partial charge in [-0.3, -0.25) is 4.79 Å². The Morgan fingerprint density at radius 2 is 2.16 bits per heavy atom. The van der Waals surface area contributed by atoms with E-state index >= 15 is 0 Å². The van der Waals surface area contributed by atoms with Crippen molar-refractivity contribution in [2.75, 3.05) is 18.0 Å². The molecule has 102 valence electrons. The molecule has 1 aromatic heterocycles. The number of carboxylic acids is 1. The molecule has 0 aromatic carbocycles. The molecule has 2 heterocycles. The summed E-state index contributed by atoms with van der Waals surface area (Å²) in [5.41, 5.74) is 1.11. The maximum atomic E-state index is 10.7. The van der Waals surface area contributed by atoms with E-state index < -0.39 is 5.97 Å². The van der Waals surface area contributed by atoms with Gasteiger partial charge >= 0.3 is 5.97 Å². The summed E-state index contributed by atoms with van der Waals surface area (Å²) in [6.45, 7) is 1.67. The molecule has 1 saturated heterocycles. The summed E-state index contributed by atoms with van der Waals surface area (Å²) in [7, 11) is 0. The molecular weight excluding hydrogens is 242 g/mol. The number of aromatic nitrogens is 2. The lowest BCUT2D eigenvalue weighted by Gasteiger charge is -2.24. The molecule has 0 bridgehead atoms. The minimum atomic E-state index is -0.710. The second kappa shape index (κ2) is 5.15. The summed E-state index contributed by atoms with van der Waals surface area (Å²) >= 11 is 0. The van der Waals surface area contributed by atoms with Crippen LogP contribution in [0.25, 0.3) is 0 Å². The SMILES string of the molecule is O=C(O)CC1CCN(c2ccc(C3CCC3)nn2)C1. The Bertz CT molecular complexity index is 456. The van der Waals surface area contributed by atoms with Crippen molar-refractivity contribution in [3.8, 4) is 0 Å². The van der Waals surface area contributed by atoms with E-state index in [-0.39, 0.29) is 12.3 Å². The fourth-order valence-electron chi connectivity index (χ4n) is 2.88. The maximum Gasteiger partial charge on any atom is 0.303 e. The average Bonchev–Trinajstić information content (AvgIpc) is 2.75. The second-order valence-electron chi connectivity index (χ2n) is 5.64. The molecule has 1 aliphatic carbocycles. The first-order valence-electron chi connectivity index (χ1n) is 7.03. The summed E-state index contributed by atoms with van der Waals surface area (Å²) < 4.78 is 0. The number of rotatable bonds is 4. The zero-order valence-electron chi connectivity index (χ0n) is 11.0. The molecule has 5 nitrogen and oxygen atoms in total. The fraction of sp³-hybridized carbons (Fsp3) is 0.643. The number of hydrogen-bond donors (Lipinski definition) is 1. The van der Waals surface area contributed by atoms with Gasteiger partial charge in [0.05, 0.1) is 5.69 Å². The minimum Gasteiger partial charge on any atom is -0.481 e. The van der Waals surface area contributed by atoms with Crippen molar-refractivity contribution in [1.82, 2.24) is 10.2 Å². The largest absolute Gasteiger partial charge is 0.481 e. The molecule has 5 heteroatoms. The maximum absolute atomic E-state index is 10.7. The van der Waals surface area contributed by atoms with Gasteiger partial charge in [-0.05, 0) is 37.3 Å². The van der Waals surface area contributed by atoms with Gasteiger partial charge in [0.2, 0.25) is 0 Å². The van der Waals surface area contributed by atoms with Gasteiger partial charge in [-0.15, -0.1) is 5.10 Å². The van der Waals surface area contributed by atoms with Crippen LogP contribution in [0.4, 0.5) is 5.82 Å². The first-order valence-corrected chi connectivity index (χ1v) is 7.03. The van der Waals surface area contributed by atoms with E-state index in [1.54, 1.807) is 0 Å². The monoisotopic (exact) mass is 261 g/mol. The Kier molecular flexibility index (Phi) is 3.36. The number of carboxylic acid groups (broad SMARTS) is 1. The van der Waals surface area contributed by atoms with Crippen molar-refractivity contribution in [2.45, 2.75) is 38.0 Å². The van der Waals surface area contributed by atoms with Crippen LogP contribution >= 0.6 is 0 Å². The first kappa shape index (κ1) is 12.4. The van der Waals surface area contributed by atoms with Crippen LogP contribution in [0.2, 0.25) is 0 Å². The highest BCUT2D eigenvalue weighted by Crippen LogP contribution is 2.35. The van der Waals surface area contributed by atoms with Crippen molar-refractivity contribution in [1.29, 1.82) is 0 Å². The Balaban J connectivity index is 1.61. The molecule has 1 atom stereocenters. The van der Waals surface area contributed by atoms with E-state index in [4.69, 9.17) is 5.11 Å². The van der Waals surface area contributed by atoms with Crippen LogP contribution in [0.1, 0.15) is 43.7 Å². The number of anilines is 1. The van der Waals surface area contributed by atoms with E-state index in [0.717, 1.165) is 31.0 Å². The third-order valence-corrected chi connectivity index (χ3v) is 4.27. The smallest absolute Gasteiger partial charge is 0.303 e.